The van der Waals surface area contributed by atoms with E-state index < -0.39 is 41.6 Å². The first-order chi connectivity index (χ1) is 19.9. The molecule has 5 N–H and O–H groups in total. The minimum absolute atomic E-state index is 0.0313. The third kappa shape index (κ3) is 4.11. The number of carboxylic acid groups (broad SMARTS) is 1. The summed E-state index contributed by atoms with van der Waals surface area (Å²) in [5.74, 6) is -0.306. The molecule has 0 aromatic heterocycles. The van der Waals surface area contributed by atoms with Gasteiger partial charge in [-0.1, -0.05) is 53.2 Å². The Morgan fingerprint density at radius 2 is 1.60 bits per heavy atom. The molecule has 14 atom stereocenters. The first-order valence-electron chi connectivity index (χ1n) is 16.9. The Bertz CT molecular complexity index is 1160. The zero-order valence-electron chi connectivity index (χ0n) is 27.3. The highest BCUT2D eigenvalue weighted by molar-refractivity contribution is 5.77. The highest BCUT2D eigenvalue weighted by atomic mass is 16.7. The zero-order valence-corrected chi connectivity index (χ0v) is 27.3. The lowest BCUT2D eigenvalue weighted by Crippen LogP contribution is -2.68. The summed E-state index contributed by atoms with van der Waals surface area (Å²) in [6.45, 7) is 15.8. The second kappa shape index (κ2) is 9.98. The highest BCUT2D eigenvalue weighted by Gasteiger charge is 2.71. The molecule has 0 aromatic rings. The number of aliphatic hydroxyl groups is 4. The van der Waals surface area contributed by atoms with E-state index in [-0.39, 0.29) is 46.2 Å². The van der Waals surface area contributed by atoms with Crippen LogP contribution >= 0.6 is 0 Å². The van der Waals surface area contributed by atoms with Crippen LogP contribution in [0.5, 0.6) is 0 Å². The number of ether oxygens (including phenoxy) is 2. The largest absolute Gasteiger partial charge is 0.481 e. The van der Waals surface area contributed by atoms with Gasteiger partial charge in [-0.05, 0) is 104 Å². The summed E-state index contributed by atoms with van der Waals surface area (Å²) in [5, 5.41) is 53.4. The normalized spacial score (nSPS) is 56.1. The van der Waals surface area contributed by atoms with Crippen LogP contribution in [-0.2, 0) is 14.3 Å². The Morgan fingerprint density at radius 1 is 0.907 bits per heavy atom. The molecule has 43 heavy (non-hydrogen) atoms. The standard InChI is InChI=1S/C35H56O8/c1-19-10-15-35(29(39)40)17-16-32(5)20(27(35)34(19,7)41)8-9-23-31(4)13-12-24(30(2,3)22(31)11-14-33(23,32)6)43-28-26(38)25(37)21(36)18-42-28/h8,19,21-28,36-38,41H,9-18H2,1-7H3,(H,39,40)/t19-,21+,22+,23-,24+,25+,26-,27-,28+,31+,32-,33-,34-,35+/m1/s1. The van der Waals surface area contributed by atoms with E-state index in [2.05, 4.69) is 47.6 Å². The van der Waals surface area contributed by atoms with Crippen LogP contribution in [0.15, 0.2) is 11.6 Å². The summed E-state index contributed by atoms with van der Waals surface area (Å²) in [5.41, 5.74) is -1.16. The molecule has 6 rings (SSSR count). The highest BCUT2D eigenvalue weighted by Crippen LogP contribution is 2.76. The smallest absolute Gasteiger partial charge is 0.310 e. The van der Waals surface area contributed by atoms with Crippen molar-refractivity contribution in [3.8, 4) is 0 Å². The van der Waals surface area contributed by atoms with Crippen molar-refractivity contribution in [2.24, 2.45) is 50.7 Å². The average molecular weight is 605 g/mol. The second-order valence-electron chi connectivity index (χ2n) is 17.1. The molecule has 0 aromatic carbocycles. The molecular weight excluding hydrogens is 548 g/mol. The van der Waals surface area contributed by atoms with Gasteiger partial charge in [-0.15, -0.1) is 0 Å². The number of hydrogen-bond acceptors (Lipinski definition) is 7. The van der Waals surface area contributed by atoms with Crippen LogP contribution in [0.2, 0.25) is 0 Å². The van der Waals surface area contributed by atoms with Crippen molar-refractivity contribution in [3.63, 3.8) is 0 Å². The summed E-state index contributed by atoms with van der Waals surface area (Å²) in [6, 6.07) is 0. The molecule has 244 valence electrons. The number of aliphatic hydroxyl groups excluding tert-OH is 3. The van der Waals surface area contributed by atoms with Crippen molar-refractivity contribution >= 4 is 5.97 Å². The zero-order chi connectivity index (χ0) is 31.5. The monoisotopic (exact) mass is 604 g/mol. The quantitative estimate of drug-likeness (QED) is 0.232. The Morgan fingerprint density at radius 3 is 2.28 bits per heavy atom. The lowest BCUT2D eigenvalue weighted by Gasteiger charge is -2.72. The molecule has 1 aliphatic heterocycles. The van der Waals surface area contributed by atoms with Crippen LogP contribution in [0.4, 0.5) is 0 Å². The van der Waals surface area contributed by atoms with Crippen LogP contribution in [-0.4, -0.2) is 74.4 Å². The Balaban J connectivity index is 1.33. The van der Waals surface area contributed by atoms with E-state index in [0.717, 1.165) is 44.9 Å². The van der Waals surface area contributed by atoms with Crippen molar-refractivity contribution in [2.45, 2.75) is 143 Å². The summed E-state index contributed by atoms with van der Waals surface area (Å²) in [6.07, 6.45) is 5.06. The fourth-order valence-corrected chi connectivity index (χ4v) is 12.1. The Hall–Kier alpha value is -1.03. The van der Waals surface area contributed by atoms with Crippen LogP contribution in [0.25, 0.3) is 0 Å². The van der Waals surface area contributed by atoms with Crippen molar-refractivity contribution in [2.75, 3.05) is 6.61 Å². The van der Waals surface area contributed by atoms with Gasteiger partial charge >= 0.3 is 5.97 Å². The number of hydrogen-bond donors (Lipinski definition) is 5. The van der Waals surface area contributed by atoms with E-state index >= 15 is 0 Å². The summed E-state index contributed by atoms with van der Waals surface area (Å²) < 4.78 is 12.1. The fraction of sp³-hybridized carbons (Fsp3) is 0.914. The summed E-state index contributed by atoms with van der Waals surface area (Å²) in [7, 11) is 0. The van der Waals surface area contributed by atoms with E-state index in [0.29, 0.717) is 24.7 Å². The van der Waals surface area contributed by atoms with Gasteiger partial charge in [-0.3, -0.25) is 4.79 Å². The molecule has 8 nitrogen and oxygen atoms in total. The van der Waals surface area contributed by atoms with Crippen LogP contribution in [0, 0.1) is 50.7 Å². The number of aliphatic carboxylic acids is 1. The molecule has 0 spiro atoms. The molecule has 0 amide bonds. The fourth-order valence-electron chi connectivity index (χ4n) is 12.1. The third-order valence-electron chi connectivity index (χ3n) is 15.2. The molecular formula is C35H56O8. The van der Waals surface area contributed by atoms with E-state index in [9.17, 15) is 30.3 Å². The number of carboxylic acids is 1. The van der Waals surface area contributed by atoms with Gasteiger partial charge in [0.2, 0.25) is 0 Å². The molecule has 5 fully saturated rings. The lowest BCUT2D eigenvalue weighted by atomic mass is 9.33. The SMILES string of the molecule is C[C@@H]1CC[C@]2(C(=O)O)CC[C@]3(C)C(=CC[C@@H]4[C@@]5(C)CC[C@H](O[C@@H]6OC[C@H](O)[C@H](O)[C@H]6O)C(C)(C)[C@@H]5CC[C@]43C)[C@@H]2[C@]1(C)O. The molecule has 0 bridgehead atoms. The second-order valence-corrected chi connectivity index (χ2v) is 17.1. The minimum Gasteiger partial charge on any atom is -0.481 e. The predicted molar refractivity (Wildman–Crippen MR) is 161 cm³/mol. The molecule has 6 aliphatic rings. The van der Waals surface area contributed by atoms with Gasteiger partial charge in [0.15, 0.2) is 6.29 Å². The van der Waals surface area contributed by atoms with Crippen LogP contribution < -0.4 is 0 Å². The maximum absolute atomic E-state index is 13.0. The maximum Gasteiger partial charge on any atom is 0.310 e. The van der Waals surface area contributed by atoms with Crippen molar-refractivity contribution < 1.29 is 39.8 Å². The van der Waals surface area contributed by atoms with Crippen molar-refractivity contribution in [1.29, 1.82) is 0 Å². The van der Waals surface area contributed by atoms with Gasteiger partial charge in [-0.25, -0.2) is 0 Å². The van der Waals surface area contributed by atoms with Gasteiger partial charge in [0.05, 0.1) is 23.7 Å². The Labute approximate surface area is 257 Å². The number of fused-ring (bicyclic) bond motifs is 7. The summed E-state index contributed by atoms with van der Waals surface area (Å²) in [4.78, 5) is 13.0. The molecule has 1 heterocycles. The number of rotatable bonds is 3. The number of allylic oxidation sites excluding steroid dienone is 1. The average Bonchev–Trinajstić information content (AvgIpc) is 2.92. The van der Waals surface area contributed by atoms with Crippen LogP contribution in [0.3, 0.4) is 0 Å². The minimum atomic E-state index is -1.30. The number of carbonyl (C=O) groups is 1. The van der Waals surface area contributed by atoms with Gasteiger partial charge in [0.1, 0.15) is 18.3 Å². The first-order valence-corrected chi connectivity index (χ1v) is 16.9. The van der Waals surface area contributed by atoms with Gasteiger partial charge in [-0.2, -0.15) is 0 Å². The topological polar surface area (TPSA) is 137 Å². The van der Waals surface area contributed by atoms with E-state index in [1.54, 1.807) is 0 Å². The van der Waals surface area contributed by atoms with Gasteiger partial charge < -0.3 is 35.0 Å². The molecule has 4 saturated carbocycles. The van der Waals surface area contributed by atoms with Crippen molar-refractivity contribution in [1.82, 2.24) is 0 Å². The lowest BCUT2D eigenvalue weighted by molar-refractivity contribution is -0.308. The Kier molecular flexibility index (Phi) is 7.41. The van der Waals surface area contributed by atoms with Gasteiger partial charge in [0.25, 0.3) is 0 Å². The summed E-state index contributed by atoms with van der Waals surface area (Å²) >= 11 is 0. The molecule has 8 heteroatoms. The van der Waals surface area contributed by atoms with Gasteiger partial charge in [0, 0.05) is 5.92 Å². The van der Waals surface area contributed by atoms with Crippen molar-refractivity contribution in [3.05, 3.63) is 11.6 Å². The third-order valence-corrected chi connectivity index (χ3v) is 15.2. The maximum atomic E-state index is 13.0. The molecule has 1 saturated heterocycles. The molecule has 5 aliphatic carbocycles. The van der Waals surface area contributed by atoms with E-state index in [4.69, 9.17) is 9.47 Å². The molecule has 0 unspecified atom stereocenters. The van der Waals surface area contributed by atoms with E-state index in [1.807, 2.05) is 6.92 Å². The molecule has 0 radical (unpaired) electrons. The first kappa shape index (κ1) is 31.9. The van der Waals surface area contributed by atoms with E-state index in [1.165, 1.54) is 5.57 Å². The van der Waals surface area contributed by atoms with Crippen LogP contribution in [0.1, 0.15) is 106 Å². The predicted octanol–water partition coefficient (Wildman–Crippen LogP) is 4.67.